The molecule has 0 aromatic heterocycles. The van der Waals surface area contributed by atoms with Crippen LogP contribution in [0.3, 0.4) is 0 Å². The summed E-state index contributed by atoms with van der Waals surface area (Å²) >= 11 is 0. The lowest BCUT2D eigenvalue weighted by atomic mass is 10.0. The van der Waals surface area contributed by atoms with Gasteiger partial charge in [-0.05, 0) is 43.0 Å². The molecule has 0 amide bonds. The molecule has 0 fully saturated rings. The molecule has 0 radical (unpaired) electrons. The average molecular weight is 375 g/mol. The number of halogens is 1. The zero-order valence-electron chi connectivity index (χ0n) is 12.4. The average Bonchev–Trinajstić information content (AvgIpc) is 2.35. The molecule has 0 aliphatic rings. The number of nitrogens with two attached hydrogens (primary N) is 1. The van der Waals surface area contributed by atoms with Gasteiger partial charge in [0.1, 0.15) is 0 Å². The van der Waals surface area contributed by atoms with Crippen LogP contribution in [0.25, 0.3) is 0 Å². The summed E-state index contributed by atoms with van der Waals surface area (Å²) in [5.41, 5.74) is 9.44. The number of aryl methyl sites for hydroxylation is 2. The second-order valence-electron chi connectivity index (χ2n) is 4.83. The molecule has 1 aromatic carbocycles. The molecular weight excluding hydrogens is 349 g/mol. The fraction of sp³-hybridized carbons (Fsp3) is 0.533. The van der Waals surface area contributed by atoms with Crippen molar-refractivity contribution in [2.45, 2.75) is 40.5 Å². The first kappa shape index (κ1) is 18.2. The molecule has 3 nitrogen and oxygen atoms in total. The minimum absolute atomic E-state index is 0. The highest BCUT2D eigenvalue weighted by atomic mass is 127. The van der Waals surface area contributed by atoms with Crippen molar-refractivity contribution in [1.29, 1.82) is 0 Å². The summed E-state index contributed by atoms with van der Waals surface area (Å²) in [6.45, 7) is 9.38. The Morgan fingerprint density at radius 1 is 1.21 bits per heavy atom. The van der Waals surface area contributed by atoms with E-state index >= 15 is 0 Å². The fourth-order valence-corrected chi connectivity index (χ4v) is 1.78. The predicted octanol–water partition coefficient (Wildman–Crippen LogP) is 4.08. The van der Waals surface area contributed by atoms with Crippen LogP contribution in [0.4, 0.5) is 5.69 Å². The molecule has 0 bridgehead atoms. The van der Waals surface area contributed by atoms with Crippen LogP contribution in [0.2, 0.25) is 0 Å². The van der Waals surface area contributed by atoms with Gasteiger partial charge in [-0.1, -0.05) is 32.8 Å². The molecule has 0 aliphatic heterocycles. The van der Waals surface area contributed by atoms with Crippen molar-refractivity contribution in [2.75, 3.05) is 11.9 Å². The number of aliphatic imine (C=N–C) groups is 1. The number of hydrogen-bond donors (Lipinski definition) is 2. The van der Waals surface area contributed by atoms with Gasteiger partial charge in [0.2, 0.25) is 0 Å². The van der Waals surface area contributed by atoms with E-state index in [1.54, 1.807) is 0 Å². The molecule has 3 N–H and O–H groups in total. The third-order valence-corrected chi connectivity index (χ3v) is 3.45. The molecule has 0 saturated carbocycles. The van der Waals surface area contributed by atoms with Gasteiger partial charge in [0.15, 0.2) is 5.96 Å². The van der Waals surface area contributed by atoms with Gasteiger partial charge in [0.25, 0.3) is 0 Å². The molecule has 4 heteroatoms. The van der Waals surface area contributed by atoms with E-state index in [4.69, 9.17) is 5.73 Å². The largest absolute Gasteiger partial charge is 0.370 e. The first-order chi connectivity index (χ1) is 8.56. The second-order valence-corrected chi connectivity index (χ2v) is 4.83. The van der Waals surface area contributed by atoms with Crippen LogP contribution >= 0.6 is 24.0 Å². The number of nitrogens with zero attached hydrogens (tertiary/aromatic N) is 1. The van der Waals surface area contributed by atoms with Gasteiger partial charge in [0, 0.05) is 12.2 Å². The van der Waals surface area contributed by atoms with Gasteiger partial charge < -0.3 is 11.1 Å². The smallest absolute Gasteiger partial charge is 0.193 e. The number of guanidine groups is 1. The van der Waals surface area contributed by atoms with Crippen LogP contribution in [-0.4, -0.2) is 12.5 Å². The number of nitrogens with one attached hydrogen (secondary N) is 1. The van der Waals surface area contributed by atoms with Crippen LogP contribution < -0.4 is 11.1 Å². The second kappa shape index (κ2) is 9.18. The normalized spacial score (nSPS) is 11.3. The lowest BCUT2D eigenvalue weighted by molar-refractivity contribution is 0.506. The third kappa shape index (κ3) is 6.27. The number of hydrogen-bond acceptors (Lipinski definition) is 1. The van der Waals surface area contributed by atoms with E-state index in [9.17, 15) is 0 Å². The lowest BCUT2D eigenvalue weighted by Crippen LogP contribution is -2.23. The Morgan fingerprint density at radius 3 is 2.37 bits per heavy atom. The summed E-state index contributed by atoms with van der Waals surface area (Å²) in [7, 11) is 0. The summed E-state index contributed by atoms with van der Waals surface area (Å²) < 4.78 is 0. The molecule has 0 spiro atoms. The Kier molecular flexibility index (Phi) is 8.80. The van der Waals surface area contributed by atoms with Crippen molar-refractivity contribution in [3.8, 4) is 0 Å². The summed E-state index contributed by atoms with van der Waals surface area (Å²) in [6.07, 6.45) is 2.30. The Hall–Kier alpha value is -0.780. The number of anilines is 1. The van der Waals surface area contributed by atoms with Gasteiger partial charge in [-0.25, -0.2) is 0 Å². The summed E-state index contributed by atoms with van der Waals surface area (Å²) in [5, 5.41) is 3.14. The van der Waals surface area contributed by atoms with Gasteiger partial charge in [-0.3, -0.25) is 4.99 Å². The molecule has 0 atom stereocenters. The molecule has 0 unspecified atom stereocenters. The van der Waals surface area contributed by atoms with Gasteiger partial charge in [-0.2, -0.15) is 0 Å². The SMILES string of the molecule is CCC(CC)CN=C(N)Nc1ccc(C)c(C)c1.I. The summed E-state index contributed by atoms with van der Waals surface area (Å²) in [5.74, 6) is 1.13. The van der Waals surface area contributed by atoms with Crippen molar-refractivity contribution < 1.29 is 0 Å². The van der Waals surface area contributed by atoms with Crippen LogP contribution in [0.5, 0.6) is 0 Å². The van der Waals surface area contributed by atoms with Crippen LogP contribution in [0.1, 0.15) is 37.8 Å². The Morgan fingerprint density at radius 2 is 1.84 bits per heavy atom. The van der Waals surface area contributed by atoms with Crippen LogP contribution in [-0.2, 0) is 0 Å². The van der Waals surface area contributed by atoms with Crippen LogP contribution in [0.15, 0.2) is 23.2 Å². The molecule has 108 valence electrons. The van der Waals surface area contributed by atoms with Crippen molar-refractivity contribution in [3.63, 3.8) is 0 Å². The van der Waals surface area contributed by atoms with Crippen LogP contribution in [0, 0.1) is 19.8 Å². The maximum Gasteiger partial charge on any atom is 0.193 e. The van der Waals surface area contributed by atoms with Gasteiger partial charge in [0.05, 0.1) is 0 Å². The maximum absolute atomic E-state index is 5.89. The van der Waals surface area contributed by atoms with E-state index in [0.717, 1.165) is 25.1 Å². The van der Waals surface area contributed by atoms with Crippen molar-refractivity contribution in [1.82, 2.24) is 0 Å². The van der Waals surface area contributed by atoms with E-state index < -0.39 is 0 Å². The lowest BCUT2D eigenvalue weighted by Gasteiger charge is -2.11. The van der Waals surface area contributed by atoms with Crippen molar-refractivity contribution in [2.24, 2.45) is 16.6 Å². The van der Waals surface area contributed by atoms with Crippen molar-refractivity contribution in [3.05, 3.63) is 29.3 Å². The summed E-state index contributed by atoms with van der Waals surface area (Å²) in [6, 6.07) is 6.21. The van der Waals surface area contributed by atoms with E-state index in [2.05, 4.69) is 50.1 Å². The first-order valence-electron chi connectivity index (χ1n) is 6.71. The summed E-state index contributed by atoms with van der Waals surface area (Å²) in [4.78, 5) is 4.40. The zero-order chi connectivity index (χ0) is 13.5. The molecule has 1 aromatic rings. The van der Waals surface area contributed by atoms with E-state index in [1.807, 2.05) is 6.07 Å². The van der Waals surface area contributed by atoms with Crippen molar-refractivity contribution >= 4 is 35.6 Å². The molecule has 0 aliphatic carbocycles. The third-order valence-electron chi connectivity index (χ3n) is 3.45. The van der Waals surface area contributed by atoms with E-state index in [0.29, 0.717) is 11.9 Å². The fourth-order valence-electron chi connectivity index (χ4n) is 1.78. The van der Waals surface area contributed by atoms with E-state index in [-0.39, 0.29) is 24.0 Å². The highest BCUT2D eigenvalue weighted by molar-refractivity contribution is 14.0. The quantitative estimate of drug-likeness (QED) is 0.463. The molecule has 0 heterocycles. The molecular formula is C15H26IN3. The zero-order valence-corrected chi connectivity index (χ0v) is 14.7. The molecule has 0 saturated heterocycles. The topological polar surface area (TPSA) is 50.4 Å². The molecule has 1 rings (SSSR count). The standard InChI is InChI=1S/C15H25N3.HI/c1-5-13(6-2)10-17-15(16)18-14-8-7-11(3)12(4)9-14;/h7-9,13H,5-6,10H2,1-4H3,(H3,16,17,18);1H. The van der Waals surface area contributed by atoms with Gasteiger partial charge in [-0.15, -0.1) is 24.0 Å². The maximum atomic E-state index is 5.89. The minimum atomic E-state index is 0. The number of benzene rings is 1. The van der Waals surface area contributed by atoms with E-state index in [1.165, 1.54) is 11.1 Å². The molecule has 19 heavy (non-hydrogen) atoms. The first-order valence-corrected chi connectivity index (χ1v) is 6.71. The number of rotatable bonds is 5. The minimum Gasteiger partial charge on any atom is -0.370 e. The monoisotopic (exact) mass is 375 g/mol. The predicted molar refractivity (Wildman–Crippen MR) is 95.5 cm³/mol. The highest BCUT2D eigenvalue weighted by Gasteiger charge is 2.02. The van der Waals surface area contributed by atoms with Gasteiger partial charge >= 0.3 is 0 Å². The highest BCUT2D eigenvalue weighted by Crippen LogP contribution is 2.14. The Labute approximate surface area is 134 Å². The Balaban J connectivity index is 0.00000324. The Bertz CT molecular complexity index is 412.